The number of carbonyl (C=O) groups is 1. The van der Waals surface area contributed by atoms with Crippen LogP contribution in [0.1, 0.15) is 43.1 Å². The van der Waals surface area contributed by atoms with E-state index in [0.717, 1.165) is 56.4 Å². The topological polar surface area (TPSA) is 66.5 Å². The van der Waals surface area contributed by atoms with Gasteiger partial charge in [-0.25, -0.2) is 0 Å². The third-order valence-corrected chi connectivity index (χ3v) is 5.82. The maximum Gasteiger partial charge on any atom is 0.274 e. The third kappa shape index (κ3) is 5.26. The van der Waals surface area contributed by atoms with Crippen LogP contribution < -0.4 is 15.5 Å². The SMILES string of the molecule is CC1CCN(c2ccc(NC(=O)c3cc(NCC4CCCO4)ccn3)cc2)CC1. The minimum atomic E-state index is -0.203. The van der Waals surface area contributed by atoms with Gasteiger partial charge in [0.1, 0.15) is 5.69 Å². The first-order chi connectivity index (χ1) is 14.2. The zero-order chi connectivity index (χ0) is 20.1. The molecular weight excluding hydrogens is 364 g/mol. The highest BCUT2D eigenvalue weighted by Gasteiger charge is 2.17. The fourth-order valence-corrected chi connectivity index (χ4v) is 3.92. The molecule has 1 unspecified atom stereocenters. The molecule has 0 saturated carbocycles. The Morgan fingerprint density at radius 1 is 1.14 bits per heavy atom. The number of nitrogens with zero attached hydrogens (tertiary/aromatic N) is 2. The van der Waals surface area contributed by atoms with Gasteiger partial charge in [0.25, 0.3) is 5.91 Å². The lowest BCUT2D eigenvalue weighted by Gasteiger charge is -2.32. The molecule has 29 heavy (non-hydrogen) atoms. The van der Waals surface area contributed by atoms with Crippen LogP contribution in [0.2, 0.25) is 0 Å². The molecule has 0 radical (unpaired) electrons. The molecule has 1 aromatic carbocycles. The number of anilines is 3. The molecule has 4 rings (SSSR count). The van der Waals surface area contributed by atoms with Crippen molar-refractivity contribution in [1.82, 2.24) is 4.98 Å². The van der Waals surface area contributed by atoms with E-state index in [1.165, 1.54) is 18.5 Å². The Labute approximate surface area is 172 Å². The second-order valence-electron chi connectivity index (χ2n) is 8.12. The Balaban J connectivity index is 1.33. The van der Waals surface area contributed by atoms with Crippen molar-refractivity contribution in [2.24, 2.45) is 5.92 Å². The molecule has 1 amide bonds. The molecule has 0 spiro atoms. The molecule has 2 fully saturated rings. The highest BCUT2D eigenvalue weighted by Crippen LogP contribution is 2.24. The van der Waals surface area contributed by atoms with E-state index in [1.54, 1.807) is 12.3 Å². The van der Waals surface area contributed by atoms with Crippen molar-refractivity contribution in [3.05, 3.63) is 48.3 Å². The van der Waals surface area contributed by atoms with Crippen LogP contribution in [0.4, 0.5) is 17.1 Å². The van der Waals surface area contributed by atoms with Crippen molar-refractivity contribution in [2.75, 3.05) is 41.8 Å². The summed E-state index contributed by atoms with van der Waals surface area (Å²) in [6.07, 6.45) is 6.59. The smallest absolute Gasteiger partial charge is 0.274 e. The summed E-state index contributed by atoms with van der Waals surface area (Å²) >= 11 is 0. The molecule has 6 heteroatoms. The van der Waals surface area contributed by atoms with Crippen LogP contribution in [0.25, 0.3) is 0 Å². The van der Waals surface area contributed by atoms with Crippen molar-refractivity contribution >= 4 is 23.0 Å². The van der Waals surface area contributed by atoms with E-state index in [1.807, 2.05) is 18.2 Å². The van der Waals surface area contributed by atoms with E-state index in [-0.39, 0.29) is 12.0 Å². The van der Waals surface area contributed by atoms with Gasteiger partial charge in [-0.1, -0.05) is 6.92 Å². The first-order valence-electron chi connectivity index (χ1n) is 10.7. The number of piperidine rings is 1. The standard InChI is InChI=1S/C23H30N4O2/c1-17-9-12-27(13-10-17)20-6-4-18(5-7-20)26-23(28)22-15-19(8-11-24-22)25-16-21-3-2-14-29-21/h4-8,11,15,17,21H,2-3,9-10,12-14,16H2,1H3,(H,24,25)(H,26,28). The van der Waals surface area contributed by atoms with Gasteiger partial charge in [-0.2, -0.15) is 0 Å². The molecule has 2 aliphatic rings. The van der Waals surface area contributed by atoms with Crippen LogP contribution in [-0.2, 0) is 4.74 Å². The predicted molar refractivity (Wildman–Crippen MR) is 117 cm³/mol. The molecule has 6 nitrogen and oxygen atoms in total. The fraction of sp³-hybridized carbons (Fsp3) is 0.478. The summed E-state index contributed by atoms with van der Waals surface area (Å²) in [5.74, 6) is 0.610. The Morgan fingerprint density at radius 3 is 2.66 bits per heavy atom. The summed E-state index contributed by atoms with van der Waals surface area (Å²) in [7, 11) is 0. The van der Waals surface area contributed by atoms with Gasteiger partial charge in [-0.15, -0.1) is 0 Å². The molecular formula is C23H30N4O2. The average molecular weight is 395 g/mol. The lowest BCUT2D eigenvalue weighted by atomic mass is 9.99. The summed E-state index contributed by atoms with van der Waals surface area (Å²) in [6.45, 7) is 6.11. The Kier molecular flexibility index (Phi) is 6.30. The molecule has 0 bridgehead atoms. The lowest BCUT2D eigenvalue weighted by Crippen LogP contribution is -2.32. The van der Waals surface area contributed by atoms with Gasteiger partial charge in [0.2, 0.25) is 0 Å². The van der Waals surface area contributed by atoms with Gasteiger partial charge in [-0.05, 0) is 68.0 Å². The molecule has 3 heterocycles. The van der Waals surface area contributed by atoms with Crippen LogP contribution >= 0.6 is 0 Å². The maximum atomic E-state index is 12.6. The Hall–Kier alpha value is -2.60. The molecule has 1 atom stereocenters. The van der Waals surface area contributed by atoms with Crippen LogP contribution in [0, 0.1) is 5.92 Å². The predicted octanol–water partition coefficient (Wildman–Crippen LogP) is 4.16. The Bertz CT molecular complexity index is 810. The zero-order valence-electron chi connectivity index (χ0n) is 17.1. The number of ether oxygens (including phenoxy) is 1. The van der Waals surface area contributed by atoms with Crippen LogP contribution in [0.15, 0.2) is 42.6 Å². The summed E-state index contributed by atoms with van der Waals surface area (Å²) in [5, 5.41) is 6.29. The maximum absolute atomic E-state index is 12.6. The molecule has 2 saturated heterocycles. The van der Waals surface area contributed by atoms with Crippen molar-refractivity contribution < 1.29 is 9.53 Å². The van der Waals surface area contributed by atoms with E-state index >= 15 is 0 Å². The van der Waals surface area contributed by atoms with Gasteiger partial charge in [0.15, 0.2) is 0 Å². The van der Waals surface area contributed by atoms with Crippen LogP contribution in [0.5, 0.6) is 0 Å². The van der Waals surface area contributed by atoms with Gasteiger partial charge >= 0.3 is 0 Å². The second-order valence-corrected chi connectivity index (χ2v) is 8.12. The minimum absolute atomic E-state index is 0.203. The van der Waals surface area contributed by atoms with E-state index in [2.05, 4.69) is 39.6 Å². The minimum Gasteiger partial charge on any atom is -0.382 e. The summed E-state index contributed by atoms with van der Waals surface area (Å²) in [4.78, 5) is 19.2. The van der Waals surface area contributed by atoms with Crippen molar-refractivity contribution in [2.45, 2.75) is 38.7 Å². The number of rotatable bonds is 6. The molecule has 2 N–H and O–H groups in total. The fourth-order valence-electron chi connectivity index (χ4n) is 3.92. The molecule has 2 aromatic rings. The number of hydrogen-bond donors (Lipinski definition) is 2. The van der Waals surface area contributed by atoms with Crippen molar-refractivity contribution in [1.29, 1.82) is 0 Å². The first kappa shape index (κ1) is 19.7. The van der Waals surface area contributed by atoms with Crippen molar-refractivity contribution in [3.8, 4) is 0 Å². The van der Waals surface area contributed by atoms with Gasteiger partial charge < -0.3 is 20.3 Å². The van der Waals surface area contributed by atoms with E-state index < -0.39 is 0 Å². The normalized spacial score (nSPS) is 19.9. The van der Waals surface area contributed by atoms with E-state index in [0.29, 0.717) is 5.69 Å². The number of pyridine rings is 1. The van der Waals surface area contributed by atoms with E-state index in [4.69, 9.17) is 4.74 Å². The second kappa shape index (κ2) is 9.27. The van der Waals surface area contributed by atoms with Gasteiger partial charge in [-0.3, -0.25) is 9.78 Å². The molecule has 2 aliphatic heterocycles. The summed E-state index contributed by atoms with van der Waals surface area (Å²) in [5.41, 5.74) is 3.28. The number of hydrogen-bond acceptors (Lipinski definition) is 5. The number of benzene rings is 1. The van der Waals surface area contributed by atoms with Crippen LogP contribution in [0.3, 0.4) is 0 Å². The summed E-state index contributed by atoms with van der Waals surface area (Å²) < 4.78 is 5.63. The Morgan fingerprint density at radius 2 is 1.93 bits per heavy atom. The van der Waals surface area contributed by atoms with Gasteiger partial charge in [0, 0.05) is 49.5 Å². The zero-order valence-corrected chi connectivity index (χ0v) is 17.1. The third-order valence-electron chi connectivity index (χ3n) is 5.82. The van der Waals surface area contributed by atoms with Crippen molar-refractivity contribution in [3.63, 3.8) is 0 Å². The number of nitrogens with one attached hydrogen (secondary N) is 2. The monoisotopic (exact) mass is 394 g/mol. The molecule has 154 valence electrons. The quantitative estimate of drug-likeness (QED) is 0.770. The number of amides is 1. The first-order valence-corrected chi connectivity index (χ1v) is 10.7. The lowest BCUT2D eigenvalue weighted by molar-refractivity contribution is 0.102. The largest absolute Gasteiger partial charge is 0.382 e. The number of carbonyl (C=O) groups excluding carboxylic acids is 1. The molecule has 0 aliphatic carbocycles. The highest BCUT2D eigenvalue weighted by molar-refractivity contribution is 6.03. The summed E-state index contributed by atoms with van der Waals surface area (Å²) in [6, 6.07) is 11.8. The number of aromatic nitrogens is 1. The average Bonchev–Trinajstić information content (AvgIpc) is 3.27. The van der Waals surface area contributed by atoms with Gasteiger partial charge in [0.05, 0.1) is 6.10 Å². The van der Waals surface area contributed by atoms with Crippen LogP contribution in [-0.4, -0.2) is 43.2 Å². The molecule has 1 aromatic heterocycles. The highest BCUT2D eigenvalue weighted by atomic mass is 16.5. The van der Waals surface area contributed by atoms with E-state index in [9.17, 15) is 4.79 Å².